The summed E-state index contributed by atoms with van der Waals surface area (Å²) < 4.78 is 5.01. The summed E-state index contributed by atoms with van der Waals surface area (Å²) in [5.74, 6) is 0.262. The third-order valence-corrected chi connectivity index (χ3v) is 4.52. The van der Waals surface area contributed by atoms with E-state index in [-0.39, 0.29) is 17.4 Å². The van der Waals surface area contributed by atoms with Gasteiger partial charge in [0.05, 0.1) is 12.0 Å². The highest BCUT2D eigenvalue weighted by Gasteiger charge is 2.43. The van der Waals surface area contributed by atoms with E-state index in [1.807, 2.05) is 4.90 Å². The van der Waals surface area contributed by atoms with Crippen LogP contribution in [0.15, 0.2) is 0 Å². The molecule has 2 rings (SSSR count). The summed E-state index contributed by atoms with van der Waals surface area (Å²) in [6, 6.07) is 0. The lowest BCUT2D eigenvalue weighted by Gasteiger charge is -2.39. The Hall–Kier alpha value is -1.30. The van der Waals surface area contributed by atoms with Crippen molar-refractivity contribution in [2.24, 2.45) is 5.41 Å². The van der Waals surface area contributed by atoms with Gasteiger partial charge in [-0.1, -0.05) is 13.3 Å². The van der Waals surface area contributed by atoms with Gasteiger partial charge in [-0.15, -0.1) is 0 Å². The third kappa shape index (κ3) is 3.48. The van der Waals surface area contributed by atoms with Crippen molar-refractivity contribution in [3.05, 3.63) is 0 Å². The molecular weight excluding hydrogens is 270 g/mol. The van der Waals surface area contributed by atoms with E-state index in [2.05, 4.69) is 12.2 Å². The van der Waals surface area contributed by atoms with Crippen LogP contribution in [0.5, 0.6) is 0 Å². The molecule has 0 aromatic carbocycles. The number of nitrogens with one attached hydrogen (secondary N) is 1. The maximum Gasteiger partial charge on any atom is 0.409 e. The Morgan fingerprint density at radius 3 is 2.33 bits per heavy atom. The van der Waals surface area contributed by atoms with Crippen LogP contribution >= 0.6 is 0 Å². The minimum atomic E-state index is -0.268. The first kappa shape index (κ1) is 16.1. The number of nitrogens with zero attached hydrogens (tertiary/aromatic N) is 2. The predicted molar refractivity (Wildman–Crippen MR) is 80.0 cm³/mol. The smallest absolute Gasteiger partial charge is 0.409 e. The molecule has 2 saturated heterocycles. The number of hydrogen-bond donors (Lipinski definition) is 1. The van der Waals surface area contributed by atoms with Crippen LogP contribution in [0, 0.1) is 5.41 Å². The number of carbonyl (C=O) groups is 2. The summed E-state index contributed by atoms with van der Waals surface area (Å²) in [6.07, 6.45) is 2.63. The van der Waals surface area contributed by atoms with Crippen LogP contribution in [0.1, 0.15) is 33.1 Å². The van der Waals surface area contributed by atoms with E-state index >= 15 is 0 Å². The van der Waals surface area contributed by atoms with Crippen molar-refractivity contribution < 1.29 is 14.3 Å². The molecule has 0 radical (unpaired) electrons. The van der Waals surface area contributed by atoms with Gasteiger partial charge in [0.1, 0.15) is 0 Å². The second-order valence-electron chi connectivity index (χ2n) is 5.94. The summed E-state index contributed by atoms with van der Waals surface area (Å²) >= 11 is 0. The standard InChI is InChI=1S/C15H27N3O3/c1-3-5-15(6-7-16-12-15)13(19)17-8-10-18(11-9-17)14(20)21-4-2/h16H,3-12H2,1-2H3. The maximum atomic E-state index is 12.9. The topological polar surface area (TPSA) is 61.9 Å². The number of rotatable bonds is 4. The SMILES string of the molecule is CCCC1(C(=O)N2CCN(C(=O)OCC)CC2)CCNC1. The maximum absolute atomic E-state index is 12.9. The molecule has 2 aliphatic heterocycles. The lowest BCUT2D eigenvalue weighted by molar-refractivity contribution is -0.143. The van der Waals surface area contributed by atoms with Crippen molar-refractivity contribution >= 4 is 12.0 Å². The molecule has 2 fully saturated rings. The van der Waals surface area contributed by atoms with Crippen LogP contribution < -0.4 is 5.32 Å². The van der Waals surface area contributed by atoms with E-state index in [1.54, 1.807) is 11.8 Å². The third-order valence-electron chi connectivity index (χ3n) is 4.52. The predicted octanol–water partition coefficient (Wildman–Crippen LogP) is 1.07. The van der Waals surface area contributed by atoms with Crippen LogP contribution in [0.4, 0.5) is 4.79 Å². The second-order valence-corrected chi connectivity index (χ2v) is 5.94. The lowest BCUT2D eigenvalue weighted by atomic mass is 9.81. The Bertz CT molecular complexity index is 372. The van der Waals surface area contributed by atoms with Gasteiger partial charge in [-0.05, 0) is 26.3 Å². The molecule has 120 valence electrons. The van der Waals surface area contributed by atoms with E-state index in [0.29, 0.717) is 32.8 Å². The van der Waals surface area contributed by atoms with Gasteiger partial charge in [0.25, 0.3) is 0 Å². The highest BCUT2D eigenvalue weighted by atomic mass is 16.6. The van der Waals surface area contributed by atoms with Crippen LogP contribution in [0.25, 0.3) is 0 Å². The van der Waals surface area contributed by atoms with Crippen molar-refractivity contribution in [2.75, 3.05) is 45.9 Å². The highest BCUT2D eigenvalue weighted by Crippen LogP contribution is 2.33. The van der Waals surface area contributed by atoms with Gasteiger partial charge >= 0.3 is 6.09 Å². The second kappa shape index (κ2) is 7.11. The number of carbonyl (C=O) groups excluding carboxylic acids is 2. The number of ether oxygens (including phenoxy) is 1. The summed E-state index contributed by atoms with van der Waals surface area (Å²) in [7, 11) is 0. The average Bonchev–Trinajstić information content (AvgIpc) is 2.97. The minimum Gasteiger partial charge on any atom is -0.450 e. The molecule has 2 aliphatic rings. The van der Waals surface area contributed by atoms with E-state index in [0.717, 1.165) is 32.4 Å². The van der Waals surface area contributed by atoms with Crippen molar-refractivity contribution in [3.63, 3.8) is 0 Å². The number of amides is 2. The highest BCUT2D eigenvalue weighted by molar-refractivity contribution is 5.83. The van der Waals surface area contributed by atoms with E-state index < -0.39 is 0 Å². The Balaban J connectivity index is 1.92. The Morgan fingerprint density at radius 2 is 1.81 bits per heavy atom. The van der Waals surface area contributed by atoms with Crippen molar-refractivity contribution in [1.82, 2.24) is 15.1 Å². The summed E-state index contributed by atoms with van der Waals surface area (Å²) in [4.78, 5) is 28.2. The normalized spacial score (nSPS) is 26.0. The molecule has 0 bridgehead atoms. The van der Waals surface area contributed by atoms with Gasteiger partial charge < -0.3 is 19.9 Å². The van der Waals surface area contributed by atoms with Gasteiger partial charge in [0.15, 0.2) is 0 Å². The molecule has 2 amide bonds. The average molecular weight is 297 g/mol. The zero-order valence-electron chi connectivity index (χ0n) is 13.2. The first-order valence-corrected chi connectivity index (χ1v) is 8.05. The first-order valence-electron chi connectivity index (χ1n) is 8.05. The summed E-state index contributed by atoms with van der Waals surface area (Å²) in [6.45, 7) is 8.41. The Kier molecular flexibility index (Phi) is 5.45. The molecule has 0 aromatic heterocycles. The van der Waals surface area contributed by atoms with Gasteiger partial charge in [-0.25, -0.2) is 4.79 Å². The molecule has 2 heterocycles. The largest absolute Gasteiger partial charge is 0.450 e. The molecule has 1 atom stereocenters. The molecule has 0 saturated carbocycles. The molecule has 21 heavy (non-hydrogen) atoms. The van der Waals surface area contributed by atoms with Gasteiger partial charge in [-0.2, -0.15) is 0 Å². The summed E-state index contributed by atoms with van der Waals surface area (Å²) in [5.41, 5.74) is -0.221. The summed E-state index contributed by atoms with van der Waals surface area (Å²) in [5, 5.41) is 3.33. The van der Waals surface area contributed by atoms with Crippen molar-refractivity contribution in [2.45, 2.75) is 33.1 Å². The molecule has 1 N–H and O–H groups in total. The Morgan fingerprint density at radius 1 is 1.14 bits per heavy atom. The van der Waals surface area contributed by atoms with Crippen LogP contribution in [-0.2, 0) is 9.53 Å². The van der Waals surface area contributed by atoms with Crippen LogP contribution in [-0.4, -0.2) is 67.7 Å². The number of hydrogen-bond acceptors (Lipinski definition) is 4. The van der Waals surface area contributed by atoms with E-state index in [4.69, 9.17) is 4.74 Å². The Labute approximate surface area is 126 Å². The monoisotopic (exact) mass is 297 g/mol. The van der Waals surface area contributed by atoms with Crippen molar-refractivity contribution in [3.8, 4) is 0 Å². The molecule has 1 unspecified atom stereocenters. The van der Waals surface area contributed by atoms with Crippen LogP contribution in [0.2, 0.25) is 0 Å². The minimum absolute atomic E-state index is 0.221. The molecule has 6 heteroatoms. The zero-order valence-corrected chi connectivity index (χ0v) is 13.2. The fraction of sp³-hybridized carbons (Fsp3) is 0.867. The lowest BCUT2D eigenvalue weighted by Crippen LogP contribution is -2.55. The first-order chi connectivity index (χ1) is 10.1. The van der Waals surface area contributed by atoms with Crippen molar-refractivity contribution in [1.29, 1.82) is 0 Å². The number of piperazine rings is 1. The molecule has 0 aromatic rings. The van der Waals surface area contributed by atoms with E-state index in [9.17, 15) is 9.59 Å². The van der Waals surface area contributed by atoms with Gasteiger partial charge in [0.2, 0.25) is 5.91 Å². The van der Waals surface area contributed by atoms with Gasteiger partial charge in [0, 0.05) is 32.7 Å². The fourth-order valence-electron chi connectivity index (χ4n) is 3.37. The molecule has 6 nitrogen and oxygen atoms in total. The van der Waals surface area contributed by atoms with Gasteiger partial charge in [-0.3, -0.25) is 4.79 Å². The molecule has 0 aliphatic carbocycles. The fourth-order valence-corrected chi connectivity index (χ4v) is 3.37. The van der Waals surface area contributed by atoms with E-state index in [1.165, 1.54) is 0 Å². The molecular formula is C15H27N3O3. The van der Waals surface area contributed by atoms with Crippen LogP contribution in [0.3, 0.4) is 0 Å². The molecule has 0 spiro atoms. The zero-order chi connectivity index (χ0) is 15.3. The quantitative estimate of drug-likeness (QED) is 0.843.